The second-order valence-corrected chi connectivity index (χ2v) is 4.87. The van der Waals surface area contributed by atoms with Crippen LogP contribution in [0.5, 0.6) is 0 Å². The minimum atomic E-state index is -0.560. The SMILES string of the molecule is CC1CC(CN2CCNC2=C(Cl)[N+](=O)[O-])CO1. The average Bonchev–Trinajstić information content (AvgIpc) is 2.87. The normalized spacial score (nSPS) is 31.5. The van der Waals surface area contributed by atoms with Gasteiger partial charge in [-0.1, -0.05) is 0 Å². The molecule has 0 bridgehead atoms. The zero-order chi connectivity index (χ0) is 12.4. The van der Waals surface area contributed by atoms with Crippen molar-refractivity contribution in [2.45, 2.75) is 19.4 Å². The molecule has 0 aromatic carbocycles. The fourth-order valence-corrected chi connectivity index (χ4v) is 2.54. The third-order valence-electron chi connectivity index (χ3n) is 3.11. The third-order valence-corrected chi connectivity index (χ3v) is 3.42. The number of halogens is 1. The number of nitro groups is 1. The first-order valence-corrected chi connectivity index (χ1v) is 6.10. The Hall–Kier alpha value is -1.01. The van der Waals surface area contributed by atoms with Gasteiger partial charge in [0, 0.05) is 25.6 Å². The summed E-state index contributed by atoms with van der Waals surface area (Å²) in [6, 6.07) is 0. The highest BCUT2D eigenvalue weighted by atomic mass is 35.5. The van der Waals surface area contributed by atoms with Gasteiger partial charge in [0.15, 0.2) is 5.82 Å². The first kappa shape index (κ1) is 12.4. The van der Waals surface area contributed by atoms with E-state index in [1.165, 1.54) is 0 Å². The molecule has 0 saturated carbocycles. The fraction of sp³-hybridized carbons (Fsp3) is 0.800. The molecule has 2 heterocycles. The highest BCUT2D eigenvalue weighted by Gasteiger charge is 2.30. The Balaban J connectivity index is 2.00. The van der Waals surface area contributed by atoms with Gasteiger partial charge >= 0.3 is 5.16 Å². The summed E-state index contributed by atoms with van der Waals surface area (Å²) < 4.78 is 5.49. The van der Waals surface area contributed by atoms with Gasteiger partial charge in [0.05, 0.1) is 17.6 Å². The zero-order valence-corrected chi connectivity index (χ0v) is 10.4. The molecule has 2 aliphatic rings. The minimum Gasteiger partial charge on any atom is -0.378 e. The summed E-state index contributed by atoms with van der Waals surface area (Å²) in [6.07, 6.45) is 1.29. The molecule has 1 N–H and O–H groups in total. The second-order valence-electron chi connectivity index (χ2n) is 4.51. The van der Waals surface area contributed by atoms with Crippen LogP contribution >= 0.6 is 11.6 Å². The molecule has 2 unspecified atom stereocenters. The Morgan fingerprint density at radius 3 is 3.12 bits per heavy atom. The number of nitrogens with one attached hydrogen (secondary N) is 1. The Kier molecular flexibility index (Phi) is 3.73. The van der Waals surface area contributed by atoms with Crippen LogP contribution in [0.15, 0.2) is 11.0 Å². The molecular weight excluding hydrogens is 246 g/mol. The number of rotatable bonds is 3. The van der Waals surface area contributed by atoms with Crippen LogP contribution in [0.4, 0.5) is 0 Å². The summed E-state index contributed by atoms with van der Waals surface area (Å²) in [6.45, 7) is 4.98. The molecule has 2 saturated heterocycles. The van der Waals surface area contributed by atoms with E-state index in [1.807, 2.05) is 11.8 Å². The van der Waals surface area contributed by atoms with Crippen molar-refractivity contribution in [3.05, 3.63) is 21.1 Å². The summed E-state index contributed by atoms with van der Waals surface area (Å²) >= 11 is 5.68. The second kappa shape index (κ2) is 5.10. The van der Waals surface area contributed by atoms with Crippen LogP contribution in [-0.4, -0.2) is 42.2 Å². The van der Waals surface area contributed by atoms with Crippen molar-refractivity contribution in [3.63, 3.8) is 0 Å². The van der Waals surface area contributed by atoms with Crippen molar-refractivity contribution < 1.29 is 9.66 Å². The lowest BCUT2D eigenvalue weighted by Crippen LogP contribution is -2.28. The highest BCUT2D eigenvalue weighted by molar-refractivity contribution is 6.28. The summed E-state index contributed by atoms with van der Waals surface area (Å²) in [5, 5.41) is 13.3. The predicted molar refractivity (Wildman–Crippen MR) is 63.0 cm³/mol. The van der Waals surface area contributed by atoms with Gasteiger partial charge in [-0.05, 0) is 24.9 Å². The zero-order valence-electron chi connectivity index (χ0n) is 9.69. The van der Waals surface area contributed by atoms with E-state index in [2.05, 4.69) is 5.32 Å². The standard InChI is InChI=1S/C10H16ClN3O3/c1-7-4-8(6-17-7)5-13-3-2-12-10(13)9(11)14(15)16/h7-8,12H,2-6H2,1H3. The Labute approximate surface area is 105 Å². The Morgan fingerprint density at radius 2 is 2.53 bits per heavy atom. The lowest BCUT2D eigenvalue weighted by molar-refractivity contribution is -0.414. The van der Waals surface area contributed by atoms with Crippen molar-refractivity contribution in [1.82, 2.24) is 10.2 Å². The van der Waals surface area contributed by atoms with Crippen LogP contribution < -0.4 is 5.32 Å². The molecule has 0 amide bonds. The van der Waals surface area contributed by atoms with Gasteiger partial charge in [-0.15, -0.1) is 0 Å². The van der Waals surface area contributed by atoms with Crippen LogP contribution in [0.25, 0.3) is 0 Å². The van der Waals surface area contributed by atoms with E-state index in [0.717, 1.165) is 26.1 Å². The van der Waals surface area contributed by atoms with Gasteiger partial charge in [0.2, 0.25) is 0 Å². The lowest BCUT2D eigenvalue weighted by Gasteiger charge is -2.20. The van der Waals surface area contributed by atoms with Crippen LogP contribution in [0, 0.1) is 16.0 Å². The molecule has 0 spiro atoms. The molecule has 0 aliphatic carbocycles. The molecule has 96 valence electrons. The molecule has 0 aromatic rings. The minimum absolute atomic E-state index is 0.286. The van der Waals surface area contributed by atoms with E-state index in [0.29, 0.717) is 18.3 Å². The maximum atomic E-state index is 10.6. The largest absolute Gasteiger partial charge is 0.378 e. The summed E-state index contributed by atoms with van der Waals surface area (Å²) in [4.78, 5) is 12.0. The van der Waals surface area contributed by atoms with E-state index in [4.69, 9.17) is 16.3 Å². The summed E-state index contributed by atoms with van der Waals surface area (Å²) in [7, 11) is 0. The molecule has 2 aliphatic heterocycles. The van der Waals surface area contributed by atoms with Crippen molar-refractivity contribution in [1.29, 1.82) is 0 Å². The lowest BCUT2D eigenvalue weighted by atomic mass is 10.1. The Morgan fingerprint density at radius 1 is 1.76 bits per heavy atom. The molecule has 17 heavy (non-hydrogen) atoms. The van der Waals surface area contributed by atoms with Crippen molar-refractivity contribution in [2.75, 3.05) is 26.2 Å². The molecular formula is C10H16ClN3O3. The highest BCUT2D eigenvalue weighted by Crippen LogP contribution is 2.24. The fourth-order valence-electron chi connectivity index (χ4n) is 2.35. The smallest absolute Gasteiger partial charge is 0.377 e. The van der Waals surface area contributed by atoms with E-state index >= 15 is 0 Å². The monoisotopic (exact) mass is 261 g/mol. The molecule has 0 radical (unpaired) electrons. The number of ether oxygens (including phenoxy) is 1. The summed E-state index contributed by atoms with van der Waals surface area (Å²) in [5.41, 5.74) is 0. The van der Waals surface area contributed by atoms with E-state index in [-0.39, 0.29) is 11.3 Å². The van der Waals surface area contributed by atoms with Crippen LogP contribution in [0.3, 0.4) is 0 Å². The predicted octanol–water partition coefficient (Wildman–Crippen LogP) is 0.959. The van der Waals surface area contributed by atoms with Crippen molar-refractivity contribution >= 4 is 11.6 Å². The van der Waals surface area contributed by atoms with Gasteiger partial charge in [-0.3, -0.25) is 10.1 Å². The van der Waals surface area contributed by atoms with Crippen LogP contribution in [-0.2, 0) is 4.74 Å². The molecule has 2 rings (SSSR count). The molecule has 2 atom stereocenters. The van der Waals surface area contributed by atoms with Gasteiger partial charge < -0.3 is 15.0 Å². The number of hydrogen-bond acceptors (Lipinski definition) is 5. The molecule has 6 nitrogen and oxygen atoms in total. The quantitative estimate of drug-likeness (QED) is 0.466. The number of nitrogens with zero attached hydrogens (tertiary/aromatic N) is 2. The van der Waals surface area contributed by atoms with Crippen molar-refractivity contribution in [3.8, 4) is 0 Å². The number of hydrogen-bond donors (Lipinski definition) is 1. The van der Waals surface area contributed by atoms with Crippen molar-refractivity contribution in [2.24, 2.45) is 5.92 Å². The van der Waals surface area contributed by atoms with Gasteiger partial charge in [0.25, 0.3) is 0 Å². The van der Waals surface area contributed by atoms with Gasteiger partial charge in [0.1, 0.15) is 0 Å². The van der Waals surface area contributed by atoms with E-state index in [1.54, 1.807) is 0 Å². The molecule has 0 aromatic heterocycles. The molecule has 2 fully saturated rings. The molecule has 7 heteroatoms. The first-order chi connectivity index (χ1) is 8.08. The van der Waals surface area contributed by atoms with Gasteiger partial charge in [-0.2, -0.15) is 0 Å². The Bertz CT molecular complexity index is 348. The maximum Gasteiger partial charge on any atom is 0.377 e. The maximum absolute atomic E-state index is 10.6. The first-order valence-electron chi connectivity index (χ1n) is 5.72. The topological polar surface area (TPSA) is 67.6 Å². The third kappa shape index (κ3) is 2.81. The van der Waals surface area contributed by atoms with E-state index < -0.39 is 4.92 Å². The average molecular weight is 262 g/mol. The van der Waals surface area contributed by atoms with Gasteiger partial charge in [-0.25, -0.2) is 0 Å². The van der Waals surface area contributed by atoms with Crippen LogP contribution in [0.1, 0.15) is 13.3 Å². The van der Waals surface area contributed by atoms with E-state index in [9.17, 15) is 10.1 Å². The summed E-state index contributed by atoms with van der Waals surface area (Å²) in [5.74, 6) is 0.868. The van der Waals surface area contributed by atoms with Crippen LogP contribution in [0.2, 0.25) is 0 Å².